The molecule has 2 rings (SSSR count). The van der Waals surface area contributed by atoms with E-state index in [0.717, 1.165) is 13.0 Å². The number of carbonyl (C=O) groups excluding carboxylic acids is 2. The molecule has 0 saturated carbocycles. The van der Waals surface area contributed by atoms with Crippen LogP contribution in [-0.2, 0) is 16.0 Å². The molecule has 0 bridgehead atoms. The zero-order valence-corrected chi connectivity index (χ0v) is 15.2. The van der Waals surface area contributed by atoms with Gasteiger partial charge in [-0.1, -0.05) is 6.92 Å². The summed E-state index contributed by atoms with van der Waals surface area (Å²) >= 11 is 2.33. The number of rotatable bonds is 4. The van der Waals surface area contributed by atoms with Crippen LogP contribution in [0.2, 0.25) is 0 Å². The van der Waals surface area contributed by atoms with E-state index in [0.29, 0.717) is 6.29 Å². The lowest BCUT2D eigenvalue weighted by Gasteiger charge is -2.29. The molecule has 0 aromatic heterocycles. The highest BCUT2D eigenvalue weighted by Gasteiger charge is 2.47. The van der Waals surface area contributed by atoms with E-state index in [9.17, 15) is 9.59 Å². The van der Waals surface area contributed by atoms with Crippen LogP contribution in [-0.4, -0.2) is 24.2 Å². The summed E-state index contributed by atoms with van der Waals surface area (Å²) in [6.07, 6.45) is 1.42. The minimum atomic E-state index is -0.344. The van der Waals surface area contributed by atoms with E-state index in [4.69, 9.17) is 0 Å². The lowest BCUT2D eigenvalue weighted by Crippen LogP contribution is -2.42. The third-order valence-corrected chi connectivity index (χ3v) is 5.19. The zero-order valence-electron chi connectivity index (χ0n) is 13.0. The molecule has 21 heavy (non-hydrogen) atoms. The van der Waals surface area contributed by atoms with Gasteiger partial charge in [-0.2, -0.15) is 0 Å². The highest BCUT2D eigenvalue weighted by Crippen LogP contribution is 2.41. The Hall–Kier alpha value is -0.750. The van der Waals surface area contributed by atoms with Crippen LogP contribution in [0.3, 0.4) is 0 Å². The maximum Gasteiger partial charge on any atom is 0.200 e. The van der Waals surface area contributed by atoms with Crippen molar-refractivity contribution in [3.8, 4) is 0 Å². The van der Waals surface area contributed by atoms with Crippen molar-refractivity contribution >= 4 is 34.7 Å². The molecule has 1 aliphatic heterocycles. The quantitative estimate of drug-likeness (QED) is 0.481. The number of aldehydes is 1. The van der Waals surface area contributed by atoms with Crippen LogP contribution in [0, 0.1) is 16.4 Å². The Morgan fingerprint density at radius 3 is 2.71 bits per heavy atom. The van der Waals surface area contributed by atoms with E-state index in [1.54, 1.807) is 0 Å². The van der Waals surface area contributed by atoms with Gasteiger partial charge in [0.25, 0.3) is 0 Å². The van der Waals surface area contributed by atoms with Crippen LogP contribution in [0.4, 0.5) is 0 Å². The SMILES string of the molecule is CCc1cc(I)cc(C)c1C1CNC(C)(C)C1C(=O)C=O. The van der Waals surface area contributed by atoms with Gasteiger partial charge in [0.05, 0.1) is 5.92 Å². The third-order valence-electron chi connectivity index (χ3n) is 4.57. The van der Waals surface area contributed by atoms with Crippen molar-refractivity contribution in [1.29, 1.82) is 0 Å². The second-order valence-corrected chi connectivity index (χ2v) is 7.60. The number of Topliss-reactive ketones (excluding diaryl/α,β-unsaturated/α-hetero) is 1. The van der Waals surface area contributed by atoms with Crippen LogP contribution in [0.5, 0.6) is 0 Å². The van der Waals surface area contributed by atoms with Crippen LogP contribution < -0.4 is 5.32 Å². The van der Waals surface area contributed by atoms with Crippen molar-refractivity contribution < 1.29 is 9.59 Å². The van der Waals surface area contributed by atoms with Crippen molar-refractivity contribution in [2.75, 3.05) is 6.54 Å². The average Bonchev–Trinajstić information content (AvgIpc) is 2.72. The fourth-order valence-corrected chi connectivity index (χ4v) is 4.49. The molecule has 1 aromatic carbocycles. The first-order valence-electron chi connectivity index (χ1n) is 7.34. The number of aryl methyl sites for hydroxylation is 2. The maximum absolute atomic E-state index is 12.2. The summed E-state index contributed by atoms with van der Waals surface area (Å²) in [4.78, 5) is 23.3. The predicted octanol–water partition coefficient (Wildman–Crippen LogP) is 3.01. The van der Waals surface area contributed by atoms with Crippen molar-refractivity contribution in [3.05, 3.63) is 32.4 Å². The topological polar surface area (TPSA) is 46.2 Å². The molecule has 0 spiro atoms. The second kappa shape index (κ2) is 6.16. The summed E-state index contributed by atoms with van der Waals surface area (Å²) in [6.45, 7) is 8.99. The molecule has 0 radical (unpaired) electrons. The van der Waals surface area contributed by atoms with Gasteiger partial charge < -0.3 is 5.32 Å². The zero-order chi connectivity index (χ0) is 15.8. The number of hydrogen-bond donors (Lipinski definition) is 1. The molecule has 1 saturated heterocycles. The number of ketones is 1. The van der Waals surface area contributed by atoms with E-state index >= 15 is 0 Å². The van der Waals surface area contributed by atoms with E-state index in [2.05, 4.69) is 53.9 Å². The lowest BCUT2D eigenvalue weighted by atomic mass is 9.74. The molecule has 114 valence electrons. The van der Waals surface area contributed by atoms with E-state index in [-0.39, 0.29) is 23.2 Å². The number of benzene rings is 1. The lowest BCUT2D eigenvalue weighted by molar-refractivity contribution is -0.133. The van der Waals surface area contributed by atoms with E-state index in [1.165, 1.54) is 20.3 Å². The molecule has 2 atom stereocenters. The van der Waals surface area contributed by atoms with Crippen molar-refractivity contribution in [2.45, 2.75) is 45.6 Å². The molecule has 3 nitrogen and oxygen atoms in total. The standard InChI is InChI=1S/C17H22INO2/c1-5-11-7-12(18)6-10(2)15(11)13-8-19-17(3,4)16(13)14(21)9-20/h6-7,9,13,16,19H,5,8H2,1-4H3. The van der Waals surface area contributed by atoms with Gasteiger partial charge >= 0.3 is 0 Å². The third kappa shape index (κ3) is 3.06. The predicted molar refractivity (Wildman–Crippen MR) is 92.7 cm³/mol. The Morgan fingerprint density at radius 1 is 1.48 bits per heavy atom. The summed E-state index contributed by atoms with van der Waals surface area (Å²) in [5.74, 6) is -0.515. The molecule has 1 N–H and O–H groups in total. The Morgan fingerprint density at radius 2 is 2.14 bits per heavy atom. The van der Waals surface area contributed by atoms with E-state index < -0.39 is 0 Å². The highest BCUT2D eigenvalue weighted by atomic mass is 127. The van der Waals surface area contributed by atoms with Crippen molar-refractivity contribution in [1.82, 2.24) is 5.32 Å². The first-order chi connectivity index (χ1) is 9.81. The number of nitrogens with one attached hydrogen (secondary N) is 1. The Balaban J connectivity index is 2.55. The molecule has 1 heterocycles. The van der Waals surface area contributed by atoms with Crippen LogP contribution >= 0.6 is 22.6 Å². The molecular weight excluding hydrogens is 377 g/mol. The van der Waals surface area contributed by atoms with Crippen LogP contribution in [0.1, 0.15) is 43.4 Å². The molecule has 1 fully saturated rings. The van der Waals surface area contributed by atoms with Gasteiger partial charge in [0, 0.05) is 21.6 Å². The van der Waals surface area contributed by atoms with Gasteiger partial charge in [-0.3, -0.25) is 9.59 Å². The average molecular weight is 399 g/mol. The fraction of sp³-hybridized carbons (Fsp3) is 0.529. The van der Waals surface area contributed by atoms with Crippen molar-refractivity contribution in [3.63, 3.8) is 0 Å². The first-order valence-corrected chi connectivity index (χ1v) is 8.42. The summed E-state index contributed by atoms with van der Waals surface area (Å²) < 4.78 is 1.22. The monoisotopic (exact) mass is 399 g/mol. The fourth-order valence-electron chi connectivity index (χ4n) is 3.65. The minimum absolute atomic E-state index is 0.0737. The molecular formula is C17H22INO2. The van der Waals surface area contributed by atoms with Gasteiger partial charge in [-0.05, 0) is 78.6 Å². The summed E-state index contributed by atoms with van der Waals surface area (Å²) in [7, 11) is 0. The maximum atomic E-state index is 12.2. The molecule has 1 aromatic rings. The second-order valence-electron chi connectivity index (χ2n) is 6.36. The molecule has 4 heteroatoms. The molecule has 0 amide bonds. The molecule has 2 unspecified atom stereocenters. The van der Waals surface area contributed by atoms with Gasteiger partial charge in [-0.15, -0.1) is 0 Å². The van der Waals surface area contributed by atoms with Crippen LogP contribution in [0.15, 0.2) is 12.1 Å². The van der Waals surface area contributed by atoms with Crippen LogP contribution in [0.25, 0.3) is 0 Å². The minimum Gasteiger partial charge on any atom is -0.310 e. The smallest absolute Gasteiger partial charge is 0.200 e. The Labute approximate surface area is 140 Å². The summed E-state index contributed by atoms with van der Waals surface area (Å²) in [5.41, 5.74) is 3.40. The molecule has 1 aliphatic rings. The Bertz CT molecular complexity index is 580. The highest BCUT2D eigenvalue weighted by molar-refractivity contribution is 14.1. The van der Waals surface area contributed by atoms with Gasteiger partial charge in [0.1, 0.15) is 0 Å². The molecule has 0 aliphatic carbocycles. The number of halogens is 1. The van der Waals surface area contributed by atoms with Gasteiger partial charge in [-0.25, -0.2) is 0 Å². The number of carbonyl (C=O) groups is 2. The number of hydrogen-bond acceptors (Lipinski definition) is 3. The normalized spacial score (nSPS) is 24.0. The van der Waals surface area contributed by atoms with Crippen molar-refractivity contribution in [2.24, 2.45) is 5.92 Å². The largest absolute Gasteiger partial charge is 0.310 e. The summed E-state index contributed by atoms with van der Waals surface area (Å²) in [5, 5.41) is 3.42. The van der Waals surface area contributed by atoms with Gasteiger partial charge in [0.15, 0.2) is 6.29 Å². The Kier molecular flexibility index (Phi) is 4.88. The first kappa shape index (κ1) is 16.6. The van der Waals surface area contributed by atoms with Gasteiger partial charge in [0.2, 0.25) is 5.78 Å². The van der Waals surface area contributed by atoms with E-state index in [1.807, 2.05) is 13.8 Å². The summed E-state index contributed by atoms with van der Waals surface area (Å²) in [6, 6.07) is 4.35.